The predicted molar refractivity (Wildman–Crippen MR) is 70.8 cm³/mol. The fraction of sp³-hybridized carbons (Fsp3) is 0.600. The smallest absolute Gasteiger partial charge is 0.127 e. The van der Waals surface area contributed by atoms with Crippen molar-refractivity contribution in [2.75, 3.05) is 26.2 Å². The van der Waals surface area contributed by atoms with Crippen LogP contribution in [-0.4, -0.2) is 42.0 Å². The minimum absolute atomic E-state index is 0.297. The molecule has 0 bridgehead atoms. The summed E-state index contributed by atoms with van der Waals surface area (Å²) in [6.45, 7) is 4.83. The first-order valence-corrected chi connectivity index (χ1v) is 7.13. The summed E-state index contributed by atoms with van der Waals surface area (Å²) in [6.07, 6.45) is 3.63. The van der Waals surface area contributed by atoms with Gasteiger partial charge in [-0.15, -0.1) is 0 Å². The third-order valence-corrected chi connectivity index (χ3v) is 4.29. The lowest BCUT2D eigenvalue weighted by atomic mass is 10.1. The number of nitrogens with zero attached hydrogens (tertiary/aromatic N) is 2. The maximum absolute atomic E-state index is 13.7. The van der Waals surface area contributed by atoms with E-state index in [1.54, 1.807) is 0 Å². The third-order valence-electron chi connectivity index (χ3n) is 4.29. The highest BCUT2D eigenvalue weighted by atomic mass is 19.1. The Labute approximate surface area is 113 Å². The normalized spacial score (nSPS) is 25.3. The highest BCUT2D eigenvalue weighted by Gasteiger charge is 2.28. The molecular weight excluding hydrogens is 246 g/mol. The van der Waals surface area contributed by atoms with Crippen LogP contribution < -0.4 is 0 Å². The van der Waals surface area contributed by atoms with Crippen molar-refractivity contribution in [3.05, 3.63) is 35.4 Å². The quantitative estimate of drug-likeness (QED) is 0.812. The van der Waals surface area contributed by atoms with Gasteiger partial charge in [-0.05, 0) is 57.1 Å². The Morgan fingerprint density at radius 2 is 1.95 bits per heavy atom. The van der Waals surface area contributed by atoms with Crippen LogP contribution in [-0.2, 0) is 6.54 Å². The Kier molecular flexibility index (Phi) is 3.80. The van der Waals surface area contributed by atoms with Gasteiger partial charge in [-0.25, -0.2) is 8.78 Å². The van der Waals surface area contributed by atoms with Crippen molar-refractivity contribution in [1.82, 2.24) is 9.80 Å². The van der Waals surface area contributed by atoms with E-state index >= 15 is 0 Å². The van der Waals surface area contributed by atoms with E-state index in [1.807, 2.05) is 0 Å². The van der Waals surface area contributed by atoms with Crippen molar-refractivity contribution in [3.8, 4) is 0 Å². The monoisotopic (exact) mass is 266 g/mol. The molecule has 1 aromatic carbocycles. The second kappa shape index (κ2) is 5.55. The summed E-state index contributed by atoms with van der Waals surface area (Å²) in [5, 5.41) is 0. The number of fused-ring (bicyclic) bond motifs is 1. The van der Waals surface area contributed by atoms with E-state index < -0.39 is 0 Å². The second-order valence-electron chi connectivity index (χ2n) is 5.66. The molecule has 0 aromatic heterocycles. The van der Waals surface area contributed by atoms with Crippen LogP contribution in [0.25, 0.3) is 0 Å². The Morgan fingerprint density at radius 1 is 1.11 bits per heavy atom. The number of benzene rings is 1. The van der Waals surface area contributed by atoms with Crippen molar-refractivity contribution >= 4 is 0 Å². The molecule has 1 aromatic rings. The fourth-order valence-corrected chi connectivity index (χ4v) is 3.33. The average Bonchev–Trinajstić information content (AvgIpc) is 2.73. The Morgan fingerprint density at radius 3 is 2.84 bits per heavy atom. The Hall–Kier alpha value is -1.00. The maximum Gasteiger partial charge on any atom is 0.127 e. The fourth-order valence-electron chi connectivity index (χ4n) is 3.33. The molecule has 2 aliphatic heterocycles. The summed E-state index contributed by atoms with van der Waals surface area (Å²) in [6, 6.07) is 4.34. The van der Waals surface area contributed by atoms with Crippen LogP contribution in [0.15, 0.2) is 18.2 Å². The van der Waals surface area contributed by atoms with Crippen molar-refractivity contribution in [2.45, 2.75) is 31.8 Å². The standard InChI is InChI=1S/C15H20F2N2/c16-13-4-5-15(17)12(9-13)10-18-6-2-8-19-7-1-3-14(19)11-18/h4-5,9,14H,1-3,6-8,10-11H2. The SMILES string of the molecule is Fc1ccc(F)c(CN2CCCN3CCCC3C2)c1. The van der Waals surface area contributed by atoms with E-state index in [9.17, 15) is 8.78 Å². The first-order chi connectivity index (χ1) is 9.22. The van der Waals surface area contributed by atoms with Crippen LogP contribution in [0.1, 0.15) is 24.8 Å². The van der Waals surface area contributed by atoms with Crippen LogP contribution >= 0.6 is 0 Å². The predicted octanol–water partition coefficient (Wildman–Crippen LogP) is 2.63. The molecular formula is C15H20F2N2. The van der Waals surface area contributed by atoms with E-state index in [2.05, 4.69) is 9.80 Å². The van der Waals surface area contributed by atoms with E-state index in [0.29, 0.717) is 18.2 Å². The zero-order valence-corrected chi connectivity index (χ0v) is 11.1. The number of halogens is 2. The molecule has 1 unspecified atom stereocenters. The summed E-state index contributed by atoms with van der Waals surface area (Å²) in [7, 11) is 0. The van der Waals surface area contributed by atoms with Crippen molar-refractivity contribution < 1.29 is 8.78 Å². The zero-order valence-electron chi connectivity index (χ0n) is 11.1. The van der Waals surface area contributed by atoms with E-state index in [4.69, 9.17) is 0 Å². The Bertz CT molecular complexity index is 450. The first kappa shape index (κ1) is 13.0. The topological polar surface area (TPSA) is 6.48 Å². The number of hydrogen-bond donors (Lipinski definition) is 0. The molecule has 0 amide bonds. The van der Waals surface area contributed by atoms with Gasteiger partial charge in [0.25, 0.3) is 0 Å². The summed E-state index contributed by atoms with van der Waals surface area (Å²) in [5.41, 5.74) is 0.478. The molecule has 2 fully saturated rings. The number of hydrogen-bond acceptors (Lipinski definition) is 2. The minimum Gasteiger partial charge on any atom is -0.299 e. The van der Waals surface area contributed by atoms with Gasteiger partial charge in [-0.3, -0.25) is 9.80 Å². The molecule has 1 atom stereocenters. The summed E-state index contributed by atoms with van der Waals surface area (Å²) < 4.78 is 26.9. The van der Waals surface area contributed by atoms with Gasteiger partial charge in [0.2, 0.25) is 0 Å². The third kappa shape index (κ3) is 2.95. The molecule has 104 valence electrons. The molecule has 0 aliphatic carbocycles. The lowest BCUT2D eigenvalue weighted by molar-refractivity contribution is 0.214. The van der Waals surface area contributed by atoms with Crippen LogP contribution in [0.2, 0.25) is 0 Å². The molecule has 0 spiro atoms. The highest BCUT2D eigenvalue weighted by molar-refractivity contribution is 5.18. The highest BCUT2D eigenvalue weighted by Crippen LogP contribution is 2.23. The molecule has 2 heterocycles. The largest absolute Gasteiger partial charge is 0.299 e. The van der Waals surface area contributed by atoms with Crippen LogP contribution in [0.3, 0.4) is 0 Å². The van der Waals surface area contributed by atoms with Crippen LogP contribution in [0.4, 0.5) is 8.78 Å². The van der Waals surface area contributed by atoms with E-state index in [-0.39, 0.29) is 11.6 Å². The molecule has 2 aliphatic rings. The minimum atomic E-state index is -0.353. The van der Waals surface area contributed by atoms with Gasteiger partial charge in [0, 0.05) is 24.7 Å². The molecule has 19 heavy (non-hydrogen) atoms. The van der Waals surface area contributed by atoms with Gasteiger partial charge in [0.15, 0.2) is 0 Å². The molecule has 0 saturated carbocycles. The molecule has 0 N–H and O–H groups in total. The van der Waals surface area contributed by atoms with Gasteiger partial charge in [0.05, 0.1) is 0 Å². The number of rotatable bonds is 2. The second-order valence-corrected chi connectivity index (χ2v) is 5.66. The van der Waals surface area contributed by atoms with E-state index in [0.717, 1.165) is 26.1 Å². The van der Waals surface area contributed by atoms with Crippen LogP contribution in [0.5, 0.6) is 0 Å². The van der Waals surface area contributed by atoms with Gasteiger partial charge in [-0.2, -0.15) is 0 Å². The van der Waals surface area contributed by atoms with Crippen molar-refractivity contribution in [1.29, 1.82) is 0 Å². The lowest BCUT2D eigenvalue weighted by Gasteiger charge is -2.25. The molecule has 0 radical (unpaired) electrons. The van der Waals surface area contributed by atoms with E-state index in [1.165, 1.54) is 37.6 Å². The Balaban J connectivity index is 1.70. The van der Waals surface area contributed by atoms with Gasteiger partial charge < -0.3 is 0 Å². The average molecular weight is 266 g/mol. The molecule has 3 rings (SSSR count). The maximum atomic E-state index is 13.7. The first-order valence-electron chi connectivity index (χ1n) is 7.13. The van der Waals surface area contributed by atoms with Gasteiger partial charge in [-0.1, -0.05) is 0 Å². The van der Waals surface area contributed by atoms with Crippen LogP contribution in [0, 0.1) is 11.6 Å². The molecule has 2 nitrogen and oxygen atoms in total. The summed E-state index contributed by atoms with van der Waals surface area (Å²) >= 11 is 0. The van der Waals surface area contributed by atoms with Crippen molar-refractivity contribution in [2.24, 2.45) is 0 Å². The summed E-state index contributed by atoms with van der Waals surface area (Å²) in [5.74, 6) is -0.650. The van der Waals surface area contributed by atoms with Gasteiger partial charge in [0.1, 0.15) is 11.6 Å². The summed E-state index contributed by atoms with van der Waals surface area (Å²) in [4.78, 5) is 4.82. The molecule has 4 heteroatoms. The van der Waals surface area contributed by atoms with Crippen molar-refractivity contribution in [3.63, 3.8) is 0 Å². The molecule has 2 saturated heterocycles. The lowest BCUT2D eigenvalue weighted by Crippen LogP contribution is -2.36. The zero-order chi connectivity index (χ0) is 13.2. The van der Waals surface area contributed by atoms with Gasteiger partial charge >= 0.3 is 0 Å².